The molecule has 0 unspecified atom stereocenters. The molecule has 1 N–H and O–H groups in total. The Morgan fingerprint density at radius 3 is 2.18 bits per heavy atom. The van der Waals surface area contributed by atoms with E-state index in [4.69, 9.17) is 10.5 Å². The van der Waals surface area contributed by atoms with E-state index >= 15 is 0 Å². The molecule has 0 fully saturated rings. The second kappa shape index (κ2) is 8.81. The summed E-state index contributed by atoms with van der Waals surface area (Å²) in [5.74, 6) is 1.55. The lowest BCUT2D eigenvalue weighted by molar-refractivity contribution is 1.14. The average Bonchev–Trinajstić information content (AvgIpc) is 3.50. The number of thiazole rings is 1. The second-order valence-corrected chi connectivity index (χ2v) is 9.90. The summed E-state index contributed by atoms with van der Waals surface area (Å²) in [4.78, 5) is 26.8. The number of rotatable bonds is 4. The summed E-state index contributed by atoms with van der Waals surface area (Å²) < 4.78 is 2.88. The minimum atomic E-state index is -0.313. The number of nitrogens with zero attached hydrogens (tertiary/aromatic N) is 5. The molecule has 0 spiro atoms. The zero-order chi connectivity index (χ0) is 22.8. The highest BCUT2D eigenvalue weighted by atomic mass is 32.1. The van der Waals surface area contributed by atoms with E-state index in [1.165, 1.54) is 0 Å². The number of hydrogen-bond donors (Lipinski definition) is 1. The van der Waals surface area contributed by atoms with Gasteiger partial charge in [0.2, 0.25) is 0 Å². The highest BCUT2D eigenvalue weighted by Crippen LogP contribution is 2.42. The van der Waals surface area contributed by atoms with Crippen LogP contribution in [0, 0.1) is 22.7 Å². The van der Waals surface area contributed by atoms with E-state index in [0.29, 0.717) is 4.53 Å². The first-order chi connectivity index (χ1) is 16.2. The van der Waals surface area contributed by atoms with Crippen LogP contribution in [0.4, 0.5) is 16.6 Å². The summed E-state index contributed by atoms with van der Waals surface area (Å²) in [6.07, 6.45) is 5.29. The van der Waals surface area contributed by atoms with Crippen LogP contribution in [0.2, 0.25) is 0 Å². The molecule has 0 aromatic carbocycles. The van der Waals surface area contributed by atoms with E-state index < -0.39 is 0 Å². The SMILES string of the molecule is N#CC(C#N)=c1[nH]c(=O)/c(=C\c2cc3sc(N(c4ccccn4)c4ccccn4)cc3s2)s1. The molecule has 0 aliphatic rings. The number of aromatic amines is 1. The zero-order valence-electron chi connectivity index (χ0n) is 16.7. The lowest BCUT2D eigenvalue weighted by Gasteiger charge is -2.20. The number of nitrogens with one attached hydrogen (secondary N) is 1. The predicted octanol–water partition coefficient (Wildman–Crippen LogP) is 4.00. The smallest absolute Gasteiger partial charge is 0.266 e. The minimum absolute atomic E-state index is 0.0994. The molecule has 5 rings (SSSR count). The lowest BCUT2D eigenvalue weighted by Crippen LogP contribution is -2.19. The Bertz CT molecular complexity index is 1630. The molecule has 0 aliphatic heterocycles. The van der Waals surface area contributed by atoms with Crippen molar-refractivity contribution < 1.29 is 0 Å². The Labute approximate surface area is 199 Å². The monoisotopic (exact) mass is 484 g/mol. The average molecular weight is 485 g/mol. The molecule has 5 aromatic rings. The molecule has 0 atom stereocenters. The third kappa shape index (κ3) is 4.06. The number of thiophene rings is 2. The van der Waals surface area contributed by atoms with Crippen molar-refractivity contribution >= 4 is 71.7 Å². The number of fused-ring (bicyclic) bond motifs is 1. The van der Waals surface area contributed by atoms with Crippen molar-refractivity contribution in [1.29, 1.82) is 10.5 Å². The fraction of sp³-hybridized carbons (Fsp3) is 0. The van der Waals surface area contributed by atoms with Gasteiger partial charge < -0.3 is 4.98 Å². The topological polar surface area (TPSA) is 109 Å². The van der Waals surface area contributed by atoms with Crippen molar-refractivity contribution in [2.24, 2.45) is 0 Å². The standard InChI is InChI=1S/C23H12N6OS3/c24-12-14(13-25)23-28-22(30)18(33-23)10-15-9-16-17(31-15)11-21(32-16)29(19-5-1-3-7-26-19)20-6-2-4-8-27-20/h1-11H,(H,28,30)/b18-10+. The number of aromatic nitrogens is 3. The molecule has 10 heteroatoms. The summed E-state index contributed by atoms with van der Waals surface area (Å²) in [7, 11) is 0. The molecule has 5 heterocycles. The Kier molecular flexibility index (Phi) is 5.55. The fourth-order valence-corrected chi connectivity index (χ4v) is 6.47. The molecule has 158 valence electrons. The number of hydrogen-bond acceptors (Lipinski definition) is 9. The first kappa shape index (κ1) is 20.8. The van der Waals surface area contributed by atoms with E-state index in [9.17, 15) is 4.79 Å². The maximum Gasteiger partial charge on any atom is 0.266 e. The van der Waals surface area contributed by atoms with Crippen LogP contribution in [0.15, 0.2) is 65.7 Å². The van der Waals surface area contributed by atoms with Gasteiger partial charge in [-0.15, -0.1) is 34.0 Å². The number of nitriles is 2. The minimum Gasteiger partial charge on any atom is -0.311 e. The highest BCUT2D eigenvalue weighted by Gasteiger charge is 2.18. The first-order valence-corrected chi connectivity index (χ1v) is 12.0. The lowest BCUT2D eigenvalue weighted by atomic mass is 10.3. The molecule has 7 nitrogen and oxygen atoms in total. The van der Waals surface area contributed by atoms with Gasteiger partial charge in [-0.2, -0.15) is 10.5 Å². The Hall–Kier alpha value is -4.09. The summed E-state index contributed by atoms with van der Waals surface area (Å²) in [6, 6.07) is 19.2. The molecule has 0 aliphatic carbocycles. The summed E-state index contributed by atoms with van der Waals surface area (Å²) in [5.41, 5.74) is -0.412. The van der Waals surface area contributed by atoms with Gasteiger partial charge in [0.25, 0.3) is 5.56 Å². The van der Waals surface area contributed by atoms with Crippen LogP contribution in [0.3, 0.4) is 0 Å². The summed E-state index contributed by atoms with van der Waals surface area (Å²) in [6.45, 7) is 0. The van der Waals surface area contributed by atoms with Gasteiger partial charge in [-0.05, 0) is 42.5 Å². The van der Waals surface area contributed by atoms with Crippen LogP contribution in [0.25, 0.3) is 21.0 Å². The molecular weight excluding hydrogens is 472 g/mol. The maximum atomic E-state index is 12.3. The third-order valence-corrected chi connectivity index (χ3v) is 7.84. The quantitative estimate of drug-likeness (QED) is 0.413. The molecule has 0 amide bonds. The summed E-state index contributed by atoms with van der Waals surface area (Å²) >= 11 is 4.28. The van der Waals surface area contributed by atoms with Crippen LogP contribution in [-0.2, 0) is 0 Å². The van der Waals surface area contributed by atoms with Crippen LogP contribution >= 0.6 is 34.0 Å². The maximum absolute atomic E-state index is 12.3. The van der Waals surface area contributed by atoms with Gasteiger partial charge in [0.1, 0.15) is 33.4 Å². The van der Waals surface area contributed by atoms with Crippen LogP contribution < -0.4 is 19.7 Å². The summed E-state index contributed by atoms with van der Waals surface area (Å²) in [5, 5.41) is 19.0. The normalized spacial score (nSPS) is 11.3. The number of anilines is 3. The fourth-order valence-electron chi connectivity index (χ4n) is 3.15. The Morgan fingerprint density at radius 2 is 1.61 bits per heavy atom. The van der Waals surface area contributed by atoms with E-state index in [2.05, 4.69) is 21.0 Å². The van der Waals surface area contributed by atoms with E-state index in [1.807, 2.05) is 47.4 Å². The first-order valence-electron chi connectivity index (χ1n) is 9.57. The van der Waals surface area contributed by atoms with Crippen molar-refractivity contribution in [3.63, 3.8) is 0 Å². The third-order valence-electron chi connectivity index (χ3n) is 4.58. The molecule has 5 aromatic heterocycles. The number of pyridine rings is 2. The van der Waals surface area contributed by atoms with Gasteiger partial charge in [-0.1, -0.05) is 12.1 Å². The molecule has 33 heavy (non-hydrogen) atoms. The molecule has 0 bridgehead atoms. The highest BCUT2D eigenvalue weighted by molar-refractivity contribution is 7.30. The largest absolute Gasteiger partial charge is 0.311 e. The van der Waals surface area contributed by atoms with Crippen LogP contribution in [-0.4, -0.2) is 15.0 Å². The predicted molar refractivity (Wildman–Crippen MR) is 132 cm³/mol. The van der Waals surface area contributed by atoms with Crippen molar-refractivity contribution in [1.82, 2.24) is 15.0 Å². The van der Waals surface area contributed by atoms with Gasteiger partial charge in [0.05, 0.1) is 4.53 Å². The van der Waals surface area contributed by atoms with Crippen molar-refractivity contribution in [3.8, 4) is 12.1 Å². The van der Waals surface area contributed by atoms with Gasteiger partial charge in [-0.25, -0.2) is 9.97 Å². The second-order valence-electron chi connectivity index (χ2n) is 6.67. The van der Waals surface area contributed by atoms with Crippen LogP contribution in [0.5, 0.6) is 0 Å². The van der Waals surface area contributed by atoms with Gasteiger partial charge in [0, 0.05) is 26.7 Å². The number of H-pyrrole nitrogens is 1. The molecule has 0 saturated carbocycles. The van der Waals surface area contributed by atoms with E-state index in [-0.39, 0.29) is 15.8 Å². The van der Waals surface area contributed by atoms with Gasteiger partial charge in [0.15, 0.2) is 5.57 Å². The Balaban J connectivity index is 1.57. The zero-order valence-corrected chi connectivity index (χ0v) is 19.2. The van der Waals surface area contributed by atoms with Crippen molar-refractivity contribution in [3.05, 3.63) is 85.4 Å². The van der Waals surface area contributed by atoms with E-state index in [0.717, 1.165) is 42.3 Å². The molecule has 0 saturated heterocycles. The van der Waals surface area contributed by atoms with Crippen molar-refractivity contribution in [2.75, 3.05) is 4.90 Å². The van der Waals surface area contributed by atoms with Crippen molar-refractivity contribution in [2.45, 2.75) is 0 Å². The Morgan fingerprint density at radius 1 is 0.939 bits per heavy atom. The molecule has 0 radical (unpaired) electrons. The molecular formula is C23H12N6OS3. The van der Waals surface area contributed by atoms with E-state index in [1.54, 1.807) is 53.3 Å². The van der Waals surface area contributed by atoms with Gasteiger partial charge in [-0.3, -0.25) is 9.69 Å². The van der Waals surface area contributed by atoms with Gasteiger partial charge >= 0.3 is 0 Å². The van der Waals surface area contributed by atoms with Crippen LogP contribution in [0.1, 0.15) is 4.88 Å².